The predicted octanol–water partition coefficient (Wildman–Crippen LogP) is 1.78. The van der Waals surface area contributed by atoms with Gasteiger partial charge < -0.3 is 10.2 Å². The molecule has 4 aliphatic carbocycles. The lowest BCUT2D eigenvalue weighted by Crippen LogP contribution is -2.62. The van der Waals surface area contributed by atoms with Crippen molar-refractivity contribution in [2.24, 2.45) is 17.8 Å². The minimum atomic E-state index is 0.276. The van der Waals surface area contributed by atoms with Crippen molar-refractivity contribution in [3.8, 4) is 0 Å². The van der Waals surface area contributed by atoms with Crippen LogP contribution in [0.3, 0.4) is 0 Å². The fourth-order valence-electron chi connectivity index (χ4n) is 5.67. The third-order valence-electron chi connectivity index (χ3n) is 5.89. The van der Waals surface area contributed by atoms with Crippen molar-refractivity contribution < 1.29 is 4.79 Å². The van der Waals surface area contributed by atoms with Crippen molar-refractivity contribution in [3.63, 3.8) is 0 Å². The average Bonchev–Trinajstić information content (AvgIpc) is 2.52. The summed E-state index contributed by atoms with van der Waals surface area (Å²) in [5.41, 5.74) is 0.276. The van der Waals surface area contributed by atoms with Crippen LogP contribution in [0.15, 0.2) is 0 Å². The molecular formula is C15H24N2O. The maximum Gasteiger partial charge on any atom is 0.236 e. The van der Waals surface area contributed by atoms with E-state index in [2.05, 4.69) is 10.2 Å². The first kappa shape index (κ1) is 11.3. The van der Waals surface area contributed by atoms with Gasteiger partial charge in [-0.2, -0.15) is 0 Å². The van der Waals surface area contributed by atoms with E-state index in [1.165, 1.54) is 38.5 Å². The molecule has 0 radical (unpaired) electrons. The lowest BCUT2D eigenvalue weighted by molar-refractivity contribution is -0.148. The van der Waals surface area contributed by atoms with Crippen molar-refractivity contribution in [3.05, 3.63) is 0 Å². The molecule has 18 heavy (non-hydrogen) atoms. The maximum atomic E-state index is 12.4. The first-order valence-corrected chi connectivity index (χ1v) is 7.76. The van der Waals surface area contributed by atoms with Crippen LogP contribution >= 0.6 is 0 Å². The van der Waals surface area contributed by atoms with Crippen LogP contribution in [0.2, 0.25) is 0 Å². The fourth-order valence-corrected chi connectivity index (χ4v) is 5.67. The van der Waals surface area contributed by atoms with E-state index in [4.69, 9.17) is 0 Å². The number of rotatable bonds is 1. The Labute approximate surface area is 109 Å². The van der Waals surface area contributed by atoms with Crippen molar-refractivity contribution in [1.29, 1.82) is 0 Å². The van der Waals surface area contributed by atoms with E-state index in [0.717, 1.165) is 37.3 Å². The van der Waals surface area contributed by atoms with Crippen LogP contribution in [0.4, 0.5) is 0 Å². The van der Waals surface area contributed by atoms with Crippen molar-refractivity contribution in [2.45, 2.75) is 50.5 Å². The van der Waals surface area contributed by atoms with Gasteiger partial charge in [0.2, 0.25) is 5.91 Å². The number of nitrogens with one attached hydrogen (secondary N) is 1. The smallest absolute Gasteiger partial charge is 0.236 e. The number of amides is 1. The highest BCUT2D eigenvalue weighted by atomic mass is 16.2. The van der Waals surface area contributed by atoms with Crippen molar-refractivity contribution in [2.75, 3.05) is 19.6 Å². The summed E-state index contributed by atoms with van der Waals surface area (Å²) >= 11 is 0. The molecule has 0 unspecified atom stereocenters. The summed E-state index contributed by atoms with van der Waals surface area (Å²) in [7, 11) is 0. The summed E-state index contributed by atoms with van der Waals surface area (Å²) in [4.78, 5) is 14.7. The summed E-state index contributed by atoms with van der Waals surface area (Å²) in [6, 6.07) is 0. The number of carbonyl (C=O) groups is 1. The lowest BCUT2D eigenvalue weighted by Gasteiger charge is -2.60. The quantitative estimate of drug-likeness (QED) is 0.767. The topological polar surface area (TPSA) is 32.3 Å². The first-order valence-electron chi connectivity index (χ1n) is 7.76. The minimum Gasteiger partial charge on any atom is -0.336 e. The van der Waals surface area contributed by atoms with Gasteiger partial charge in [0.15, 0.2) is 0 Å². The van der Waals surface area contributed by atoms with Crippen molar-refractivity contribution in [1.82, 2.24) is 10.2 Å². The van der Waals surface area contributed by atoms with Gasteiger partial charge in [-0.3, -0.25) is 4.79 Å². The van der Waals surface area contributed by atoms with Crippen LogP contribution in [0, 0.1) is 17.8 Å². The second-order valence-electron chi connectivity index (χ2n) is 7.22. The second kappa shape index (κ2) is 3.96. The highest BCUT2D eigenvalue weighted by Gasteiger charge is 2.54. The molecule has 4 saturated carbocycles. The van der Waals surface area contributed by atoms with Crippen molar-refractivity contribution >= 4 is 5.91 Å². The molecule has 0 atom stereocenters. The van der Waals surface area contributed by atoms with Gasteiger partial charge in [0.1, 0.15) is 0 Å². The Morgan fingerprint density at radius 2 is 1.67 bits per heavy atom. The van der Waals surface area contributed by atoms with Crippen LogP contribution in [-0.2, 0) is 4.79 Å². The Morgan fingerprint density at radius 3 is 2.28 bits per heavy atom. The molecule has 4 bridgehead atoms. The number of carbonyl (C=O) groups excluding carboxylic acids is 1. The van der Waals surface area contributed by atoms with Gasteiger partial charge in [0.25, 0.3) is 0 Å². The highest BCUT2D eigenvalue weighted by Crippen LogP contribution is 2.57. The van der Waals surface area contributed by atoms with E-state index in [1.807, 2.05) is 0 Å². The molecule has 0 aromatic rings. The third-order valence-corrected chi connectivity index (χ3v) is 5.89. The Balaban J connectivity index is 1.64. The number of hydrogen-bond acceptors (Lipinski definition) is 2. The Hall–Kier alpha value is -0.570. The number of nitrogens with zero attached hydrogens (tertiary/aromatic N) is 1. The molecule has 0 aromatic carbocycles. The molecule has 1 amide bonds. The zero-order valence-electron chi connectivity index (χ0n) is 11.2. The Morgan fingerprint density at radius 1 is 1.06 bits per heavy atom. The zero-order chi connectivity index (χ0) is 12.2. The molecule has 100 valence electrons. The van der Waals surface area contributed by atoms with E-state index >= 15 is 0 Å². The largest absolute Gasteiger partial charge is 0.336 e. The molecule has 3 nitrogen and oxygen atoms in total. The summed E-state index contributed by atoms with van der Waals surface area (Å²) in [6.07, 6.45) is 9.44. The molecular weight excluding hydrogens is 224 g/mol. The Bertz CT molecular complexity index is 330. The summed E-state index contributed by atoms with van der Waals surface area (Å²) in [5, 5.41) is 3.27. The standard InChI is InChI=1S/C15H24N2O/c18-14-10-16-2-1-3-17(14)15-7-11-4-12(8-15)6-13(5-11)9-15/h11-13,16H,1-10H2. The average molecular weight is 248 g/mol. The monoisotopic (exact) mass is 248 g/mol. The lowest BCUT2D eigenvalue weighted by atomic mass is 9.52. The molecule has 0 spiro atoms. The van der Waals surface area contributed by atoms with Gasteiger partial charge in [-0.1, -0.05) is 0 Å². The second-order valence-corrected chi connectivity index (χ2v) is 7.22. The molecule has 1 heterocycles. The minimum absolute atomic E-state index is 0.276. The molecule has 3 heteroatoms. The van der Waals surface area contributed by atoms with Crippen LogP contribution < -0.4 is 5.32 Å². The van der Waals surface area contributed by atoms with E-state index < -0.39 is 0 Å². The van der Waals surface area contributed by atoms with Gasteiger partial charge in [0, 0.05) is 12.1 Å². The van der Waals surface area contributed by atoms with E-state index in [1.54, 1.807) is 0 Å². The molecule has 5 rings (SSSR count). The molecule has 0 aromatic heterocycles. The number of hydrogen-bond donors (Lipinski definition) is 1. The van der Waals surface area contributed by atoms with E-state index in [-0.39, 0.29) is 5.54 Å². The zero-order valence-corrected chi connectivity index (χ0v) is 11.2. The Kier molecular flexibility index (Phi) is 2.48. The SMILES string of the molecule is O=C1CNCCCN1C12CC3CC(CC(C3)C1)C2. The van der Waals surface area contributed by atoms with Gasteiger partial charge in [0.05, 0.1) is 6.54 Å². The summed E-state index contributed by atoms with van der Waals surface area (Å²) in [6.45, 7) is 2.58. The highest BCUT2D eigenvalue weighted by molar-refractivity contribution is 5.79. The molecule has 5 fully saturated rings. The first-order chi connectivity index (χ1) is 8.75. The van der Waals surface area contributed by atoms with Crippen LogP contribution in [-0.4, -0.2) is 36.0 Å². The maximum absolute atomic E-state index is 12.4. The van der Waals surface area contributed by atoms with Gasteiger partial charge in [-0.15, -0.1) is 0 Å². The van der Waals surface area contributed by atoms with Gasteiger partial charge in [-0.25, -0.2) is 0 Å². The fraction of sp³-hybridized carbons (Fsp3) is 0.933. The van der Waals surface area contributed by atoms with Crippen LogP contribution in [0.5, 0.6) is 0 Å². The molecule has 1 aliphatic heterocycles. The van der Waals surface area contributed by atoms with Crippen LogP contribution in [0.1, 0.15) is 44.9 Å². The normalized spacial score (nSPS) is 47.4. The van der Waals surface area contributed by atoms with E-state index in [9.17, 15) is 4.79 Å². The van der Waals surface area contributed by atoms with Gasteiger partial charge in [-0.05, 0) is 69.2 Å². The van der Waals surface area contributed by atoms with Crippen LogP contribution in [0.25, 0.3) is 0 Å². The summed E-state index contributed by atoms with van der Waals surface area (Å²) < 4.78 is 0. The molecule has 1 N–H and O–H groups in total. The summed E-state index contributed by atoms with van der Waals surface area (Å²) in [5.74, 6) is 3.16. The molecule has 1 saturated heterocycles. The van der Waals surface area contributed by atoms with E-state index in [0.29, 0.717) is 12.5 Å². The molecule has 5 aliphatic rings. The third kappa shape index (κ3) is 1.63. The van der Waals surface area contributed by atoms with Gasteiger partial charge >= 0.3 is 0 Å². The predicted molar refractivity (Wildman–Crippen MR) is 70.1 cm³/mol.